The molecule has 3 rings (SSSR count). The third-order valence-corrected chi connectivity index (χ3v) is 7.00. The van der Waals surface area contributed by atoms with Crippen molar-refractivity contribution in [1.29, 1.82) is 0 Å². The van der Waals surface area contributed by atoms with Crippen LogP contribution in [0.1, 0.15) is 65.5 Å². The van der Waals surface area contributed by atoms with Crippen molar-refractivity contribution in [2.24, 2.45) is 11.8 Å². The molecule has 2 atom stereocenters. The summed E-state index contributed by atoms with van der Waals surface area (Å²) in [5.41, 5.74) is 3.12. The Morgan fingerprint density at radius 2 is 1.35 bits per heavy atom. The molecule has 2 aromatic carbocycles. The van der Waals surface area contributed by atoms with Crippen LogP contribution in [0.25, 0.3) is 0 Å². The fourth-order valence-electron chi connectivity index (χ4n) is 4.34. The van der Waals surface area contributed by atoms with E-state index in [-0.39, 0.29) is 35.6 Å². The minimum atomic E-state index is -0.649. The SMILES string of the molecule is Cc1ccccc1C(=O)N[C@H](C(=O)N[C@H](C)C(C)C)C1CCN(C(=O)c2ccccc2C)CC1. The summed E-state index contributed by atoms with van der Waals surface area (Å²) in [5, 5.41) is 6.10. The van der Waals surface area contributed by atoms with E-state index in [1.807, 2.05) is 68.1 Å². The molecule has 34 heavy (non-hydrogen) atoms. The van der Waals surface area contributed by atoms with E-state index >= 15 is 0 Å². The number of piperidine rings is 1. The average molecular weight is 464 g/mol. The lowest BCUT2D eigenvalue weighted by Gasteiger charge is -2.36. The van der Waals surface area contributed by atoms with Gasteiger partial charge >= 0.3 is 0 Å². The van der Waals surface area contributed by atoms with Crippen LogP contribution < -0.4 is 10.6 Å². The molecule has 0 radical (unpaired) electrons. The lowest BCUT2D eigenvalue weighted by atomic mass is 9.87. The van der Waals surface area contributed by atoms with Gasteiger partial charge in [0.25, 0.3) is 11.8 Å². The van der Waals surface area contributed by atoms with Gasteiger partial charge in [-0.05, 0) is 68.7 Å². The largest absolute Gasteiger partial charge is 0.352 e. The molecule has 1 aliphatic heterocycles. The van der Waals surface area contributed by atoms with E-state index in [0.717, 1.165) is 11.1 Å². The highest BCUT2D eigenvalue weighted by atomic mass is 16.2. The smallest absolute Gasteiger partial charge is 0.254 e. The first-order valence-electron chi connectivity index (χ1n) is 12.2. The van der Waals surface area contributed by atoms with Crippen LogP contribution in [0.3, 0.4) is 0 Å². The van der Waals surface area contributed by atoms with Crippen molar-refractivity contribution in [3.8, 4) is 0 Å². The molecule has 0 saturated carbocycles. The predicted molar refractivity (Wildman–Crippen MR) is 135 cm³/mol. The molecule has 0 bridgehead atoms. The zero-order valence-electron chi connectivity index (χ0n) is 20.9. The summed E-state index contributed by atoms with van der Waals surface area (Å²) < 4.78 is 0. The average Bonchev–Trinajstić information content (AvgIpc) is 2.82. The standard InChI is InChI=1S/C28H37N3O3/c1-18(2)21(5)29-27(33)25(30-26(32)23-12-8-6-10-19(23)3)22-14-16-31(17-15-22)28(34)24-13-9-7-11-20(24)4/h6-13,18,21-22,25H,14-17H2,1-5H3,(H,29,33)(H,30,32)/t21-,25+/m1/s1. The highest BCUT2D eigenvalue weighted by molar-refractivity contribution is 5.99. The molecule has 1 fully saturated rings. The topological polar surface area (TPSA) is 78.5 Å². The molecular weight excluding hydrogens is 426 g/mol. The Bertz CT molecular complexity index is 1030. The van der Waals surface area contributed by atoms with Crippen LogP contribution >= 0.6 is 0 Å². The van der Waals surface area contributed by atoms with E-state index in [2.05, 4.69) is 24.5 Å². The second-order valence-electron chi connectivity index (χ2n) is 9.75. The summed E-state index contributed by atoms with van der Waals surface area (Å²) in [7, 11) is 0. The second kappa shape index (κ2) is 11.3. The Labute approximate surface area is 203 Å². The third-order valence-electron chi connectivity index (χ3n) is 7.00. The number of nitrogens with one attached hydrogen (secondary N) is 2. The Hall–Kier alpha value is -3.15. The maximum Gasteiger partial charge on any atom is 0.254 e. The Balaban J connectivity index is 1.74. The Kier molecular flexibility index (Phi) is 8.48. The number of nitrogens with zero attached hydrogens (tertiary/aromatic N) is 1. The number of carbonyl (C=O) groups excluding carboxylic acids is 3. The van der Waals surface area contributed by atoms with Crippen LogP contribution in [0.15, 0.2) is 48.5 Å². The summed E-state index contributed by atoms with van der Waals surface area (Å²) in [5.74, 6) is -0.144. The molecule has 2 N–H and O–H groups in total. The van der Waals surface area contributed by atoms with Gasteiger partial charge in [-0.3, -0.25) is 14.4 Å². The lowest BCUT2D eigenvalue weighted by molar-refractivity contribution is -0.125. The van der Waals surface area contributed by atoms with Crippen molar-refractivity contribution in [3.63, 3.8) is 0 Å². The van der Waals surface area contributed by atoms with Crippen molar-refractivity contribution < 1.29 is 14.4 Å². The van der Waals surface area contributed by atoms with Crippen molar-refractivity contribution in [1.82, 2.24) is 15.5 Å². The normalized spacial score (nSPS) is 16.1. The van der Waals surface area contributed by atoms with Gasteiger partial charge in [0, 0.05) is 30.3 Å². The van der Waals surface area contributed by atoms with Crippen molar-refractivity contribution in [2.45, 2.75) is 59.5 Å². The maximum atomic E-state index is 13.3. The number of rotatable bonds is 7. The fourth-order valence-corrected chi connectivity index (χ4v) is 4.34. The molecule has 182 valence electrons. The second-order valence-corrected chi connectivity index (χ2v) is 9.75. The summed E-state index contributed by atoms with van der Waals surface area (Å²) in [6, 6.07) is 14.3. The van der Waals surface area contributed by atoms with E-state index in [4.69, 9.17) is 0 Å². The van der Waals surface area contributed by atoms with Gasteiger partial charge < -0.3 is 15.5 Å². The van der Waals surface area contributed by atoms with Crippen molar-refractivity contribution >= 4 is 17.7 Å². The molecule has 2 aromatic rings. The first-order chi connectivity index (χ1) is 16.2. The molecule has 3 amide bonds. The quantitative estimate of drug-likeness (QED) is 0.649. The summed E-state index contributed by atoms with van der Waals surface area (Å²) in [4.78, 5) is 41.2. The zero-order valence-corrected chi connectivity index (χ0v) is 20.9. The number of aryl methyl sites for hydroxylation is 2. The Morgan fingerprint density at radius 1 is 0.824 bits per heavy atom. The van der Waals surface area contributed by atoms with Crippen LogP contribution in [0.2, 0.25) is 0 Å². The van der Waals surface area contributed by atoms with E-state index in [1.54, 1.807) is 6.07 Å². The van der Waals surface area contributed by atoms with Gasteiger partial charge in [-0.25, -0.2) is 0 Å². The van der Waals surface area contributed by atoms with Crippen molar-refractivity contribution in [2.75, 3.05) is 13.1 Å². The Morgan fingerprint density at radius 3 is 1.88 bits per heavy atom. The molecule has 1 heterocycles. The molecule has 6 nitrogen and oxygen atoms in total. The number of hydrogen-bond acceptors (Lipinski definition) is 3. The van der Waals surface area contributed by atoms with E-state index < -0.39 is 6.04 Å². The third kappa shape index (κ3) is 6.04. The van der Waals surface area contributed by atoms with Gasteiger partial charge in [0.15, 0.2) is 0 Å². The minimum Gasteiger partial charge on any atom is -0.352 e. The predicted octanol–water partition coefficient (Wildman–Crippen LogP) is 4.11. The van der Waals surface area contributed by atoms with Gasteiger partial charge in [-0.2, -0.15) is 0 Å². The van der Waals surface area contributed by atoms with Crippen LogP contribution in [-0.4, -0.2) is 47.8 Å². The summed E-state index contributed by atoms with van der Waals surface area (Å²) in [6.07, 6.45) is 1.31. The molecular formula is C28H37N3O3. The molecule has 1 saturated heterocycles. The number of amides is 3. The van der Waals surface area contributed by atoms with Crippen LogP contribution in [0, 0.1) is 25.7 Å². The lowest BCUT2D eigenvalue weighted by Crippen LogP contribution is -2.55. The summed E-state index contributed by atoms with van der Waals surface area (Å²) in [6.45, 7) is 11.0. The molecule has 0 aliphatic carbocycles. The molecule has 6 heteroatoms. The number of carbonyl (C=O) groups is 3. The van der Waals surface area contributed by atoms with Gasteiger partial charge in [-0.15, -0.1) is 0 Å². The van der Waals surface area contributed by atoms with Gasteiger partial charge in [0.2, 0.25) is 5.91 Å². The van der Waals surface area contributed by atoms with E-state index in [9.17, 15) is 14.4 Å². The van der Waals surface area contributed by atoms with Crippen LogP contribution in [0.5, 0.6) is 0 Å². The van der Waals surface area contributed by atoms with E-state index in [1.165, 1.54) is 0 Å². The number of likely N-dealkylation sites (tertiary alicyclic amines) is 1. The molecule has 0 spiro atoms. The number of benzene rings is 2. The highest BCUT2D eigenvalue weighted by Crippen LogP contribution is 2.24. The number of hydrogen-bond donors (Lipinski definition) is 2. The van der Waals surface area contributed by atoms with Gasteiger partial charge in [0.1, 0.15) is 6.04 Å². The van der Waals surface area contributed by atoms with Crippen LogP contribution in [-0.2, 0) is 4.79 Å². The molecule has 1 aliphatic rings. The van der Waals surface area contributed by atoms with Crippen LogP contribution in [0.4, 0.5) is 0 Å². The molecule has 0 unspecified atom stereocenters. The summed E-state index contributed by atoms with van der Waals surface area (Å²) >= 11 is 0. The minimum absolute atomic E-state index is 0.00640. The van der Waals surface area contributed by atoms with Gasteiger partial charge in [0.05, 0.1) is 0 Å². The first-order valence-corrected chi connectivity index (χ1v) is 12.2. The van der Waals surface area contributed by atoms with Gasteiger partial charge in [-0.1, -0.05) is 50.2 Å². The monoisotopic (exact) mass is 463 g/mol. The van der Waals surface area contributed by atoms with E-state index in [0.29, 0.717) is 37.1 Å². The fraction of sp³-hybridized carbons (Fsp3) is 0.464. The maximum absolute atomic E-state index is 13.3. The first kappa shape index (κ1) is 25.5. The molecule has 0 aromatic heterocycles. The highest BCUT2D eigenvalue weighted by Gasteiger charge is 2.35. The zero-order chi connectivity index (χ0) is 24.8. The van der Waals surface area contributed by atoms with Crippen molar-refractivity contribution in [3.05, 3.63) is 70.8 Å².